The van der Waals surface area contributed by atoms with Gasteiger partial charge >= 0.3 is 5.97 Å². The van der Waals surface area contributed by atoms with E-state index in [4.69, 9.17) is 4.74 Å². The number of hydrogen-bond acceptors (Lipinski definition) is 5. The van der Waals surface area contributed by atoms with Crippen molar-refractivity contribution in [2.24, 2.45) is 0 Å². The Bertz CT molecular complexity index is 704. The average Bonchev–Trinajstić information content (AvgIpc) is 2.95. The van der Waals surface area contributed by atoms with Crippen LogP contribution in [0.5, 0.6) is 0 Å². The molecule has 1 saturated heterocycles. The molecule has 0 spiro atoms. The van der Waals surface area contributed by atoms with Crippen LogP contribution in [-0.2, 0) is 14.8 Å². The van der Waals surface area contributed by atoms with Gasteiger partial charge in [-0.3, -0.25) is 0 Å². The van der Waals surface area contributed by atoms with Gasteiger partial charge in [-0.2, -0.15) is 0 Å². The zero-order valence-electron chi connectivity index (χ0n) is 14.1. The minimum atomic E-state index is -3.79. The molecule has 3 N–H and O–H groups in total. The van der Waals surface area contributed by atoms with Crippen LogP contribution in [0.1, 0.15) is 44.0 Å². The van der Waals surface area contributed by atoms with E-state index in [1.54, 1.807) is 20.8 Å². The van der Waals surface area contributed by atoms with Crippen molar-refractivity contribution in [2.45, 2.75) is 50.2 Å². The Hall–Kier alpha value is -1.64. The normalized spacial score (nSPS) is 18.5. The Kier molecular flexibility index (Phi) is 5.52. The highest BCUT2D eigenvalue weighted by molar-refractivity contribution is 7.89. The first-order valence-corrected chi connectivity index (χ1v) is 9.33. The lowest BCUT2D eigenvalue weighted by Gasteiger charge is -2.21. The maximum absolute atomic E-state index is 12.4. The highest BCUT2D eigenvalue weighted by Gasteiger charge is 2.24. The average molecular weight is 356 g/mol. The van der Waals surface area contributed by atoms with Crippen LogP contribution in [0.3, 0.4) is 0 Å². The van der Waals surface area contributed by atoms with E-state index in [2.05, 4.69) is 10.0 Å². The van der Waals surface area contributed by atoms with Gasteiger partial charge in [-0.15, -0.1) is 0 Å². The van der Waals surface area contributed by atoms with E-state index >= 15 is 0 Å². The molecule has 0 amide bonds. The largest absolute Gasteiger partial charge is 0.478 e. The molecule has 1 aromatic carbocycles. The van der Waals surface area contributed by atoms with Crippen LogP contribution in [0.4, 0.5) is 5.69 Å². The Labute approximate surface area is 142 Å². The van der Waals surface area contributed by atoms with Crippen molar-refractivity contribution in [2.75, 3.05) is 18.5 Å². The molecule has 8 heteroatoms. The number of benzene rings is 1. The predicted molar refractivity (Wildman–Crippen MR) is 90.9 cm³/mol. The summed E-state index contributed by atoms with van der Waals surface area (Å²) in [4.78, 5) is 11.4. The van der Waals surface area contributed by atoms with Crippen LogP contribution in [0.2, 0.25) is 0 Å². The lowest BCUT2D eigenvalue weighted by atomic mass is 10.1. The zero-order valence-corrected chi connectivity index (χ0v) is 14.9. The van der Waals surface area contributed by atoms with Crippen molar-refractivity contribution in [3.05, 3.63) is 23.8 Å². The third-order valence-electron chi connectivity index (χ3n) is 3.52. The molecule has 1 fully saturated rings. The van der Waals surface area contributed by atoms with Crippen LogP contribution in [0.15, 0.2) is 23.1 Å². The molecule has 0 radical (unpaired) electrons. The van der Waals surface area contributed by atoms with E-state index in [9.17, 15) is 18.3 Å². The fraction of sp³-hybridized carbons (Fsp3) is 0.562. The van der Waals surface area contributed by atoms with Gasteiger partial charge in [0.05, 0.1) is 16.6 Å². The maximum atomic E-state index is 12.4. The summed E-state index contributed by atoms with van der Waals surface area (Å²) in [5.74, 6) is -1.18. The fourth-order valence-corrected chi connectivity index (χ4v) is 3.96. The van der Waals surface area contributed by atoms with Crippen LogP contribution < -0.4 is 10.0 Å². The second kappa shape index (κ2) is 7.08. The van der Waals surface area contributed by atoms with Gasteiger partial charge in [0.15, 0.2) is 0 Å². The number of sulfonamides is 1. The van der Waals surface area contributed by atoms with Crippen molar-refractivity contribution >= 4 is 21.7 Å². The number of hydrogen-bond donors (Lipinski definition) is 3. The van der Waals surface area contributed by atoms with Crippen LogP contribution in [0, 0.1) is 0 Å². The highest BCUT2D eigenvalue weighted by atomic mass is 32.2. The molecule has 0 aliphatic carbocycles. The molecule has 134 valence electrons. The smallest absolute Gasteiger partial charge is 0.337 e. The molecule has 1 aliphatic rings. The van der Waals surface area contributed by atoms with Crippen LogP contribution >= 0.6 is 0 Å². The number of ether oxygens (including phenoxy) is 1. The van der Waals surface area contributed by atoms with Gasteiger partial charge in [0, 0.05) is 24.4 Å². The van der Waals surface area contributed by atoms with E-state index in [0.717, 1.165) is 12.8 Å². The molecule has 2 rings (SSSR count). The summed E-state index contributed by atoms with van der Waals surface area (Å²) in [6, 6.07) is 4.06. The first-order chi connectivity index (χ1) is 11.1. The Morgan fingerprint density at radius 1 is 1.38 bits per heavy atom. The zero-order chi connectivity index (χ0) is 18.0. The van der Waals surface area contributed by atoms with E-state index in [1.165, 1.54) is 18.2 Å². The molecule has 1 heterocycles. The summed E-state index contributed by atoms with van der Waals surface area (Å²) in [7, 11) is -3.79. The van der Waals surface area contributed by atoms with E-state index in [-0.39, 0.29) is 16.6 Å². The van der Waals surface area contributed by atoms with Gasteiger partial charge in [0.1, 0.15) is 0 Å². The number of anilines is 1. The third-order valence-corrected chi connectivity index (χ3v) is 5.27. The lowest BCUT2D eigenvalue weighted by molar-refractivity contribution is 0.0697. The molecule has 0 aromatic heterocycles. The van der Waals surface area contributed by atoms with Gasteiger partial charge in [-0.05, 0) is 51.8 Å². The predicted octanol–water partition coefficient (Wildman–Crippen LogP) is 2.05. The van der Waals surface area contributed by atoms with Crippen molar-refractivity contribution in [1.29, 1.82) is 0 Å². The Morgan fingerprint density at radius 3 is 2.62 bits per heavy atom. The Morgan fingerprint density at radius 2 is 2.08 bits per heavy atom. The van der Waals surface area contributed by atoms with Crippen LogP contribution in [0.25, 0.3) is 0 Å². The second-order valence-corrected chi connectivity index (χ2v) is 8.57. The summed E-state index contributed by atoms with van der Waals surface area (Å²) in [5.41, 5.74) is -0.351. The molecule has 0 saturated carbocycles. The summed E-state index contributed by atoms with van der Waals surface area (Å²) < 4.78 is 32.7. The monoisotopic (exact) mass is 356 g/mol. The number of carbonyl (C=O) groups is 1. The molecule has 0 bridgehead atoms. The minimum Gasteiger partial charge on any atom is -0.478 e. The van der Waals surface area contributed by atoms with Crippen molar-refractivity contribution in [3.8, 4) is 0 Å². The van der Waals surface area contributed by atoms with Crippen molar-refractivity contribution in [1.82, 2.24) is 4.72 Å². The van der Waals surface area contributed by atoms with Crippen molar-refractivity contribution < 1.29 is 23.1 Å². The maximum Gasteiger partial charge on any atom is 0.337 e. The summed E-state index contributed by atoms with van der Waals surface area (Å²) in [6.07, 6.45) is 1.98. The van der Waals surface area contributed by atoms with Gasteiger partial charge in [0.2, 0.25) is 10.0 Å². The molecular formula is C16H24N2O5S. The fourth-order valence-electron chi connectivity index (χ4n) is 2.51. The summed E-state index contributed by atoms with van der Waals surface area (Å²) in [5, 5.41) is 12.4. The molecule has 24 heavy (non-hydrogen) atoms. The molecule has 7 nitrogen and oxygen atoms in total. The Balaban J connectivity index is 2.24. The molecule has 1 aliphatic heterocycles. The standard InChI is InChI=1S/C16H24N2O5S/c1-16(2,3)18-24(21,22)12-6-7-14(13(9-12)15(19)20)17-10-11-5-4-8-23-11/h6-7,9,11,17-18H,4-5,8,10H2,1-3H3,(H,19,20)/t11-/m0/s1. The van der Waals surface area contributed by atoms with E-state index in [1.807, 2.05) is 0 Å². The molecule has 1 aromatic rings. The lowest BCUT2D eigenvalue weighted by Crippen LogP contribution is -2.40. The molecule has 0 unspecified atom stereocenters. The number of carboxylic acid groups (broad SMARTS) is 1. The minimum absolute atomic E-state index is 0.0533. The van der Waals surface area contributed by atoms with Gasteiger partial charge in [0.25, 0.3) is 0 Å². The number of rotatable bonds is 6. The number of aromatic carboxylic acids is 1. The van der Waals surface area contributed by atoms with Crippen molar-refractivity contribution in [3.63, 3.8) is 0 Å². The quantitative estimate of drug-likeness (QED) is 0.720. The van der Waals surface area contributed by atoms with Gasteiger partial charge in [-0.25, -0.2) is 17.9 Å². The summed E-state index contributed by atoms with van der Waals surface area (Å²) >= 11 is 0. The summed E-state index contributed by atoms with van der Waals surface area (Å²) in [6.45, 7) is 6.38. The van der Waals surface area contributed by atoms with Gasteiger partial charge in [-0.1, -0.05) is 0 Å². The first-order valence-electron chi connectivity index (χ1n) is 7.85. The SMILES string of the molecule is CC(C)(C)NS(=O)(=O)c1ccc(NC[C@@H]2CCCO2)c(C(=O)O)c1. The highest BCUT2D eigenvalue weighted by Crippen LogP contribution is 2.23. The van der Waals surface area contributed by atoms with Gasteiger partial charge < -0.3 is 15.2 Å². The third kappa shape index (κ3) is 4.93. The number of carboxylic acids is 1. The molecular weight excluding hydrogens is 332 g/mol. The topological polar surface area (TPSA) is 105 Å². The van der Waals surface area contributed by atoms with E-state index < -0.39 is 21.5 Å². The van der Waals surface area contributed by atoms with Crippen LogP contribution in [-0.4, -0.2) is 44.3 Å². The molecule has 1 atom stereocenters. The van der Waals surface area contributed by atoms with E-state index in [0.29, 0.717) is 18.8 Å². The number of nitrogens with one attached hydrogen (secondary N) is 2. The first kappa shape index (κ1) is 18.7. The second-order valence-electron chi connectivity index (χ2n) is 6.88.